The van der Waals surface area contributed by atoms with Crippen LogP contribution in [0.4, 0.5) is 5.13 Å². The molecule has 72 valence electrons. The Hall–Kier alpha value is -0.160. The van der Waals surface area contributed by atoms with Crippen LogP contribution in [0, 0.1) is 5.92 Å². The summed E-state index contributed by atoms with van der Waals surface area (Å²) in [4.78, 5) is 0. The molecule has 1 heterocycles. The molecule has 0 aliphatic heterocycles. The largest absolute Gasteiger partial charge is 0.354 e. The predicted octanol–water partition coefficient (Wildman–Crippen LogP) is 2.90. The number of aromatic nitrogens is 2. The average Bonchev–Trinajstić information content (AvgIpc) is 2.72. The molecular weight excluding hydrogens is 250 g/mol. The van der Waals surface area contributed by atoms with E-state index in [2.05, 4.69) is 45.3 Å². The van der Waals surface area contributed by atoms with Gasteiger partial charge in [-0.25, -0.2) is 0 Å². The number of hydrogen-bond acceptors (Lipinski definition) is 4. The summed E-state index contributed by atoms with van der Waals surface area (Å²) in [6.07, 6.45) is 2.50. The minimum Gasteiger partial charge on any atom is -0.354 e. The fourth-order valence-corrected chi connectivity index (χ4v) is 2.57. The van der Waals surface area contributed by atoms with Crippen molar-refractivity contribution >= 4 is 32.4 Å². The smallest absolute Gasteiger partial charge is 0.206 e. The molecule has 1 aromatic rings. The number of anilines is 1. The lowest BCUT2D eigenvalue weighted by Crippen LogP contribution is -2.27. The molecule has 0 amide bonds. The van der Waals surface area contributed by atoms with Crippen molar-refractivity contribution in [3.63, 3.8) is 0 Å². The van der Waals surface area contributed by atoms with Gasteiger partial charge in [-0.3, -0.25) is 0 Å². The van der Waals surface area contributed by atoms with Crippen LogP contribution in [0.2, 0.25) is 0 Å². The van der Waals surface area contributed by atoms with E-state index < -0.39 is 0 Å². The molecule has 1 saturated carbocycles. The van der Waals surface area contributed by atoms with Crippen LogP contribution in [-0.4, -0.2) is 15.7 Å². The Morgan fingerprint density at radius 2 is 2.15 bits per heavy atom. The lowest BCUT2D eigenvalue weighted by molar-refractivity contribution is 0.511. The zero-order chi connectivity index (χ0) is 9.47. The minimum absolute atomic E-state index is 0.305. The Kier molecular flexibility index (Phi) is 2.32. The second kappa shape index (κ2) is 3.20. The quantitative estimate of drug-likeness (QED) is 0.910. The van der Waals surface area contributed by atoms with E-state index in [1.54, 1.807) is 11.3 Å². The van der Waals surface area contributed by atoms with Crippen molar-refractivity contribution in [3.05, 3.63) is 3.92 Å². The first-order valence-corrected chi connectivity index (χ1v) is 6.00. The highest BCUT2D eigenvalue weighted by molar-refractivity contribution is 9.11. The van der Waals surface area contributed by atoms with E-state index in [0.717, 1.165) is 9.05 Å². The fourth-order valence-electron chi connectivity index (χ4n) is 1.45. The topological polar surface area (TPSA) is 37.8 Å². The molecule has 0 aromatic carbocycles. The van der Waals surface area contributed by atoms with Crippen molar-refractivity contribution < 1.29 is 0 Å². The summed E-state index contributed by atoms with van der Waals surface area (Å²) in [6.45, 7) is 4.49. The number of hydrogen-bond donors (Lipinski definition) is 1. The molecular formula is C8H12BrN3S. The van der Waals surface area contributed by atoms with Gasteiger partial charge in [-0.1, -0.05) is 25.2 Å². The van der Waals surface area contributed by atoms with E-state index in [1.807, 2.05) is 0 Å². The van der Waals surface area contributed by atoms with Gasteiger partial charge in [0.1, 0.15) is 0 Å². The zero-order valence-corrected chi connectivity index (χ0v) is 10.1. The van der Waals surface area contributed by atoms with Crippen LogP contribution in [0.25, 0.3) is 0 Å². The van der Waals surface area contributed by atoms with Crippen molar-refractivity contribution in [2.24, 2.45) is 5.92 Å². The number of nitrogens with zero attached hydrogens (tertiary/aromatic N) is 2. The van der Waals surface area contributed by atoms with Crippen molar-refractivity contribution in [2.75, 3.05) is 5.32 Å². The van der Waals surface area contributed by atoms with Crippen molar-refractivity contribution in [1.29, 1.82) is 0 Å². The zero-order valence-electron chi connectivity index (χ0n) is 7.67. The van der Waals surface area contributed by atoms with Crippen LogP contribution in [0.5, 0.6) is 0 Å². The van der Waals surface area contributed by atoms with Gasteiger partial charge in [-0.2, -0.15) is 0 Å². The molecule has 0 radical (unpaired) electrons. The molecule has 0 atom stereocenters. The number of nitrogens with one attached hydrogen (secondary N) is 1. The van der Waals surface area contributed by atoms with Gasteiger partial charge in [-0.15, -0.1) is 10.2 Å². The lowest BCUT2D eigenvalue weighted by Gasteiger charge is -2.20. The Bertz CT molecular complexity index is 306. The van der Waals surface area contributed by atoms with Gasteiger partial charge in [0.15, 0.2) is 3.92 Å². The van der Waals surface area contributed by atoms with Crippen molar-refractivity contribution in [3.8, 4) is 0 Å². The molecule has 2 rings (SSSR count). The molecule has 13 heavy (non-hydrogen) atoms. The van der Waals surface area contributed by atoms with Gasteiger partial charge in [0, 0.05) is 5.54 Å². The predicted molar refractivity (Wildman–Crippen MR) is 58.0 cm³/mol. The SMILES string of the molecule is CC(C)C1(Nc2nnc(Br)s2)CC1. The summed E-state index contributed by atoms with van der Waals surface area (Å²) in [5, 5.41) is 12.3. The van der Waals surface area contributed by atoms with E-state index in [0.29, 0.717) is 11.5 Å². The minimum atomic E-state index is 0.305. The second-order valence-corrected chi connectivity index (χ2v) is 6.05. The molecule has 0 unspecified atom stereocenters. The standard InChI is InChI=1S/C8H12BrN3S/c1-5(2)8(3-4-8)10-7-12-11-6(9)13-7/h5H,3-4H2,1-2H3,(H,10,12). The molecule has 3 nitrogen and oxygen atoms in total. The normalized spacial score (nSPS) is 19.1. The Morgan fingerprint density at radius 3 is 2.54 bits per heavy atom. The number of halogens is 1. The molecule has 0 bridgehead atoms. The van der Waals surface area contributed by atoms with E-state index in [-0.39, 0.29) is 0 Å². The van der Waals surface area contributed by atoms with Crippen LogP contribution in [-0.2, 0) is 0 Å². The average molecular weight is 262 g/mol. The Balaban J connectivity index is 2.06. The molecule has 1 aliphatic carbocycles. The lowest BCUT2D eigenvalue weighted by atomic mass is 10.0. The molecule has 0 spiro atoms. The third-order valence-corrected chi connectivity index (χ3v) is 3.92. The molecule has 1 N–H and O–H groups in total. The van der Waals surface area contributed by atoms with Gasteiger partial charge in [0.25, 0.3) is 0 Å². The third kappa shape index (κ3) is 1.86. The maximum absolute atomic E-state index is 4.03. The van der Waals surface area contributed by atoms with Crippen LogP contribution >= 0.6 is 27.3 Å². The first-order valence-electron chi connectivity index (χ1n) is 4.39. The highest BCUT2D eigenvalue weighted by atomic mass is 79.9. The van der Waals surface area contributed by atoms with Crippen LogP contribution in [0.15, 0.2) is 3.92 Å². The maximum Gasteiger partial charge on any atom is 0.206 e. The molecule has 0 saturated heterocycles. The summed E-state index contributed by atoms with van der Waals surface area (Å²) in [6, 6.07) is 0. The van der Waals surface area contributed by atoms with Gasteiger partial charge in [0.2, 0.25) is 5.13 Å². The second-order valence-electron chi connectivity index (χ2n) is 3.80. The van der Waals surface area contributed by atoms with E-state index >= 15 is 0 Å². The highest BCUT2D eigenvalue weighted by Crippen LogP contribution is 2.45. The van der Waals surface area contributed by atoms with Crippen LogP contribution in [0.3, 0.4) is 0 Å². The molecule has 5 heteroatoms. The van der Waals surface area contributed by atoms with E-state index in [4.69, 9.17) is 0 Å². The molecule has 1 aliphatic rings. The van der Waals surface area contributed by atoms with E-state index in [1.165, 1.54) is 12.8 Å². The summed E-state index contributed by atoms with van der Waals surface area (Å²) in [5.74, 6) is 0.662. The van der Waals surface area contributed by atoms with E-state index in [9.17, 15) is 0 Å². The van der Waals surface area contributed by atoms with Crippen molar-refractivity contribution in [2.45, 2.75) is 32.2 Å². The van der Waals surface area contributed by atoms with Gasteiger partial charge in [0.05, 0.1) is 0 Å². The van der Waals surface area contributed by atoms with Gasteiger partial charge in [-0.05, 0) is 34.7 Å². The first kappa shape index (κ1) is 9.40. The Morgan fingerprint density at radius 1 is 1.46 bits per heavy atom. The van der Waals surface area contributed by atoms with Crippen molar-refractivity contribution in [1.82, 2.24) is 10.2 Å². The highest BCUT2D eigenvalue weighted by Gasteiger charge is 2.45. The first-order chi connectivity index (χ1) is 6.12. The number of rotatable bonds is 3. The van der Waals surface area contributed by atoms with Crippen LogP contribution < -0.4 is 5.32 Å². The fraction of sp³-hybridized carbons (Fsp3) is 0.750. The summed E-state index contributed by atoms with van der Waals surface area (Å²) < 4.78 is 0.842. The van der Waals surface area contributed by atoms with Gasteiger partial charge >= 0.3 is 0 Å². The summed E-state index contributed by atoms with van der Waals surface area (Å²) >= 11 is 4.86. The maximum atomic E-state index is 4.03. The van der Waals surface area contributed by atoms with Gasteiger partial charge < -0.3 is 5.32 Å². The molecule has 1 aromatic heterocycles. The summed E-state index contributed by atoms with van der Waals surface area (Å²) in [7, 11) is 0. The Labute approximate surface area is 90.1 Å². The van der Waals surface area contributed by atoms with Crippen LogP contribution in [0.1, 0.15) is 26.7 Å². The molecule has 1 fully saturated rings. The monoisotopic (exact) mass is 261 g/mol. The summed E-state index contributed by atoms with van der Waals surface area (Å²) in [5.41, 5.74) is 0.305. The third-order valence-electron chi connectivity index (χ3n) is 2.65.